The molecular formula is C48H66N4O12. The molecular weight excluding hydrogens is 825 g/mol. The quantitative estimate of drug-likeness (QED) is 0.259. The highest BCUT2D eigenvalue weighted by Gasteiger charge is 2.57. The third kappa shape index (κ3) is 8.66. The van der Waals surface area contributed by atoms with Crippen molar-refractivity contribution < 1.29 is 58.6 Å². The number of ether oxygens (including phenoxy) is 4. The zero-order chi connectivity index (χ0) is 47.3. The number of amides is 2. The maximum Gasteiger partial charge on any atom is 0.302 e. The summed E-state index contributed by atoms with van der Waals surface area (Å²) in [5.74, 6) is -6.77. The second-order valence-electron chi connectivity index (χ2n) is 18.9. The van der Waals surface area contributed by atoms with Gasteiger partial charge >= 0.3 is 5.97 Å². The number of Topliss-reactive ketones (excluding diaryl/α,β-unsaturated/α-hetero) is 1. The van der Waals surface area contributed by atoms with E-state index in [2.05, 4.69) is 24.1 Å². The molecule has 4 aliphatic heterocycles. The molecule has 0 saturated carbocycles. The minimum atomic E-state index is -1.85. The molecule has 1 fully saturated rings. The third-order valence-corrected chi connectivity index (χ3v) is 13.7. The molecule has 5 bridgehead atoms. The van der Waals surface area contributed by atoms with Gasteiger partial charge in [-0.15, -0.1) is 0 Å². The van der Waals surface area contributed by atoms with Gasteiger partial charge in [-0.2, -0.15) is 0 Å². The van der Waals surface area contributed by atoms with Crippen molar-refractivity contribution in [2.45, 2.75) is 131 Å². The lowest BCUT2D eigenvalue weighted by Gasteiger charge is -2.43. The van der Waals surface area contributed by atoms with E-state index in [1.807, 2.05) is 0 Å². The number of methoxy groups -OCH3 is 1. The number of hydrogen-bond donors (Lipinski definition) is 5. The molecule has 350 valence electrons. The van der Waals surface area contributed by atoms with Crippen molar-refractivity contribution in [2.75, 3.05) is 26.7 Å². The van der Waals surface area contributed by atoms with Gasteiger partial charge in [-0.1, -0.05) is 59.8 Å². The number of allylic oxidation sites excluding steroid dienone is 4. The molecule has 6 rings (SSSR count). The summed E-state index contributed by atoms with van der Waals surface area (Å²) in [5.41, 5.74) is -0.951. The van der Waals surface area contributed by atoms with E-state index in [0.717, 1.165) is 6.54 Å². The van der Waals surface area contributed by atoms with Crippen LogP contribution in [0.3, 0.4) is 0 Å². The van der Waals surface area contributed by atoms with E-state index in [0.29, 0.717) is 31.8 Å². The van der Waals surface area contributed by atoms with Crippen molar-refractivity contribution in [3.05, 3.63) is 69.8 Å². The number of fused-ring (bicyclic) bond motifs is 3. The van der Waals surface area contributed by atoms with Gasteiger partial charge in [0.2, 0.25) is 11.7 Å². The zero-order valence-corrected chi connectivity index (χ0v) is 39.1. The van der Waals surface area contributed by atoms with Crippen LogP contribution in [0.25, 0.3) is 0 Å². The minimum absolute atomic E-state index is 0.0540. The highest BCUT2D eigenvalue weighted by Crippen LogP contribution is 2.55. The largest absolute Gasteiger partial charge is 0.507 e. The van der Waals surface area contributed by atoms with Crippen LogP contribution < -0.4 is 10.1 Å². The molecule has 2 amide bonds. The lowest BCUT2D eigenvalue weighted by molar-refractivity contribution is -0.181. The van der Waals surface area contributed by atoms with Gasteiger partial charge in [-0.05, 0) is 25.8 Å². The van der Waals surface area contributed by atoms with Gasteiger partial charge in [0.15, 0.2) is 6.10 Å². The molecule has 16 heteroatoms. The normalized spacial score (nSPS) is 34.1. The van der Waals surface area contributed by atoms with Gasteiger partial charge in [-0.3, -0.25) is 29.1 Å². The van der Waals surface area contributed by atoms with Gasteiger partial charge in [0.25, 0.3) is 11.7 Å². The number of aliphatic hydroxyl groups is 3. The third-order valence-electron chi connectivity index (χ3n) is 13.7. The second kappa shape index (κ2) is 18.6. The lowest BCUT2D eigenvalue weighted by Crippen LogP contribution is -2.54. The van der Waals surface area contributed by atoms with Crippen molar-refractivity contribution in [2.24, 2.45) is 34.6 Å². The number of nitrogens with one attached hydrogen (secondary N) is 1. The second-order valence-corrected chi connectivity index (χ2v) is 18.9. The number of esters is 1. The summed E-state index contributed by atoms with van der Waals surface area (Å²) in [6.45, 7) is 20.5. The molecule has 5 N–H and O–H groups in total. The Morgan fingerprint density at radius 3 is 2.23 bits per heavy atom. The predicted molar refractivity (Wildman–Crippen MR) is 237 cm³/mol. The van der Waals surface area contributed by atoms with Crippen molar-refractivity contribution in [3.8, 4) is 11.5 Å². The molecule has 1 spiro atoms. The van der Waals surface area contributed by atoms with Gasteiger partial charge in [0.1, 0.15) is 29.0 Å². The van der Waals surface area contributed by atoms with Crippen molar-refractivity contribution in [1.29, 1.82) is 0 Å². The fraction of sp³-hybridized carbons (Fsp3) is 0.604. The Kier molecular flexibility index (Phi) is 14.1. The first-order chi connectivity index (χ1) is 30.0. The zero-order valence-electron chi connectivity index (χ0n) is 39.1. The van der Waals surface area contributed by atoms with Crippen LogP contribution in [0.4, 0.5) is 0 Å². The Balaban J connectivity index is 1.55. The Morgan fingerprint density at radius 1 is 0.984 bits per heavy atom. The summed E-state index contributed by atoms with van der Waals surface area (Å²) in [6.07, 6.45) is 3.02. The fourth-order valence-corrected chi connectivity index (χ4v) is 10.0. The number of phenolic OH excluding ortho intramolecular Hbond substituents is 1. The number of likely N-dealkylation sites (tertiary alicyclic amines) is 1. The molecule has 10 unspecified atom stereocenters. The summed E-state index contributed by atoms with van der Waals surface area (Å²) in [7, 11) is 1.46. The maximum absolute atomic E-state index is 15.0. The van der Waals surface area contributed by atoms with Crippen LogP contribution in [0.2, 0.25) is 0 Å². The van der Waals surface area contributed by atoms with Crippen LogP contribution in [0.1, 0.15) is 115 Å². The van der Waals surface area contributed by atoms with Crippen LogP contribution in [-0.4, -0.2) is 122 Å². The molecule has 0 radical (unpaired) electrons. The minimum Gasteiger partial charge on any atom is -0.507 e. The van der Waals surface area contributed by atoms with E-state index in [1.165, 1.54) is 52.0 Å². The Bertz CT molecular complexity index is 2200. The first-order valence-electron chi connectivity index (χ1n) is 22.3. The Labute approximate surface area is 375 Å². The van der Waals surface area contributed by atoms with Gasteiger partial charge in [-0.25, -0.2) is 0 Å². The highest BCUT2D eigenvalue weighted by molar-refractivity contribution is 6.32. The van der Waals surface area contributed by atoms with Crippen LogP contribution in [0.5, 0.6) is 11.5 Å². The van der Waals surface area contributed by atoms with E-state index in [1.54, 1.807) is 52.8 Å². The van der Waals surface area contributed by atoms with Crippen LogP contribution >= 0.6 is 0 Å². The number of ketones is 1. The molecule has 5 aliphatic rings. The van der Waals surface area contributed by atoms with Gasteiger partial charge in [0.05, 0.1) is 41.5 Å². The number of aliphatic imine (C=N–C) groups is 1. The fourth-order valence-electron chi connectivity index (χ4n) is 10.0. The summed E-state index contributed by atoms with van der Waals surface area (Å²) in [5, 5.41) is 50.1. The van der Waals surface area contributed by atoms with E-state index >= 15 is 4.79 Å². The van der Waals surface area contributed by atoms with E-state index in [9.17, 15) is 34.8 Å². The molecule has 10 atom stereocenters. The highest BCUT2D eigenvalue weighted by atomic mass is 16.7. The Hall–Kier alpha value is -4.87. The molecule has 1 aliphatic carbocycles. The van der Waals surface area contributed by atoms with Crippen LogP contribution in [0, 0.1) is 36.5 Å². The van der Waals surface area contributed by atoms with E-state index in [4.69, 9.17) is 23.9 Å². The molecule has 16 nitrogen and oxygen atoms in total. The summed E-state index contributed by atoms with van der Waals surface area (Å²) < 4.78 is 24.2. The molecule has 1 saturated heterocycles. The van der Waals surface area contributed by atoms with Crippen LogP contribution in [0.15, 0.2) is 52.5 Å². The molecule has 1 aromatic rings. The first-order valence-corrected chi connectivity index (χ1v) is 22.3. The average molecular weight is 891 g/mol. The van der Waals surface area contributed by atoms with Crippen LogP contribution in [-0.2, 0) is 28.6 Å². The number of aliphatic hydroxyl groups excluding tert-OH is 3. The van der Waals surface area contributed by atoms with Crippen molar-refractivity contribution in [3.63, 3.8) is 0 Å². The van der Waals surface area contributed by atoms with Gasteiger partial charge in [0, 0.05) is 106 Å². The van der Waals surface area contributed by atoms with E-state index in [-0.39, 0.29) is 50.7 Å². The number of nitrogens with zero attached hydrogens (tertiary/aromatic N) is 3. The maximum atomic E-state index is 15.0. The number of piperidine rings is 1. The Morgan fingerprint density at radius 2 is 1.64 bits per heavy atom. The number of aromatic hydroxyl groups is 1. The molecule has 1 aromatic carbocycles. The van der Waals surface area contributed by atoms with Crippen molar-refractivity contribution >= 4 is 29.3 Å². The van der Waals surface area contributed by atoms with E-state index < -0.39 is 95.0 Å². The summed E-state index contributed by atoms with van der Waals surface area (Å²) in [4.78, 5) is 64.6. The number of carbonyl (C=O) groups excluding carboxylic acids is 4. The summed E-state index contributed by atoms with van der Waals surface area (Å²) >= 11 is 0. The van der Waals surface area contributed by atoms with Gasteiger partial charge < -0.3 is 49.6 Å². The predicted octanol–water partition coefficient (Wildman–Crippen LogP) is 4.73. The number of carbonyl (C=O) groups is 4. The number of hydrogen-bond acceptors (Lipinski definition) is 14. The SMILES string of the molecule is COC1/C=C/OC2(C)Oc3c(C)c(O)c4c(c3C2O)C2=NC3(CCN(CC(C)C)CC3)N(C(C)=O)C2=C(NC(=O)/C(C)=C\C=C\C(C)C(O)C(C)C(O)C(C)C(OC(C)=O)C1C)C4=O. The smallest absolute Gasteiger partial charge is 0.302 e. The molecule has 4 heterocycles. The number of benzene rings is 1. The number of rotatable bonds is 4. The monoisotopic (exact) mass is 890 g/mol. The van der Waals surface area contributed by atoms with Crippen molar-refractivity contribution in [1.82, 2.24) is 15.1 Å². The molecule has 64 heavy (non-hydrogen) atoms. The average Bonchev–Trinajstić information content (AvgIpc) is 3.71. The molecule has 0 aromatic heterocycles. The topological polar surface area (TPSA) is 217 Å². The first kappa shape index (κ1) is 48.6. The standard InChI is InChI=1S/C48H66N4O12/c1-23(2)22-51-19-17-48(18-20-51)50-36-33-34-41(57)29(8)44-35(33)45(59)47(11,64-44)62-21-16-32(61-12)26(5)43(63-31(10)54)28(7)40(56)27(6)39(55)24(3)14-13-15-25(4)46(60)49-37(42(34)58)38(36)52(48)30(9)53/h13-16,21,23-24,26-28,32,39-40,43,45,55-57,59H,17-20,22H2,1-12H3,(H,49,60)/b14-13+,21-16+,25-15-. The summed E-state index contributed by atoms with van der Waals surface area (Å²) in [6, 6.07) is 0. The lowest BCUT2D eigenvalue weighted by atomic mass is 9.78. The number of phenols is 1.